The van der Waals surface area contributed by atoms with E-state index in [-0.39, 0.29) is 5.54 Å². The lowest BCUT2D eigenvalue weighted by Gasteiger charge is -2.26. The van der Waals surface area contributed by atoms with Crippen LogP contribution in [0.2, 0.25) is 0 Å². The third-order valence-corrected chi connectivity index (χ3v) is 5.45. The van der Waals surface area contributed by atoms with Crippen molar-refractivity contribution in [2.75, 3.05) is 0 Å². The lowest BCUT2D eigenvalue weighted by atomic mass is 9.90. The van der Waals surface area contributed by atoms with E-state index in [1.54, 1.807) is 0 Å². The van der Waals surface area contributed by atoms with Crippen LogP contribution < -0.4 is 5.73 Å². The summed E-state index contributed by atoms with van der Waals surface area (Å²) in [5.74, 6) is 0.601. The highest BCUT2D eigenvalue weighted by atomic mass is 32.1. The highest BCUT2D eigenvalue weighted by Gasteiger charge is 2.41. The van der Waals surface area contributed by atoms with Crippen LogP contribution in [-0.4, -0.2) is 4.98 Å². The number of aryl methyl sites for hydroxylation is 2. The van der Waals surface area contributed by atoms with Gasteiger partial charge in [-0.2, -0.15) is 0 Å². The Kier molecular flexibility index (Phi) is 2.15. The molecule has 3 heteroatoms. The molecule has 2 aliphatic rings. The quantitative estimate of drug-likeness (QED) is 0.793. The molecule has 2 atom stereocenters. The van der Waals surface area contributed by atoms with Crippen LogP contribution in [-0.2, 0) is 18.4 Å². The predicted octanol–water partition coefficient (Wildman–Crippen LogP) is 2.61. The summed E-state index contributed by atoms with van der Waals surface area (Å²) in [6, 6.07) is 0. The topological polar surface area (TPSA) is 38.9 Å². The summed E-state index contributed by atoms with van der Waals surface area (Å²) in [5, 5.41) is 1.22. The average Bonchev–Trinajstić information content (AvgIpc) is 2.81. The highest BCUT2D eigenvalue weighted by molar-refractivity contribution is 7.12. The van der Waals surface area contributed by atoms with Crippen molar-refractivity contribution in [3.8, 4) is 0 Å². The predicted molar refractivity (Wildman–Crippen MR) is 63.0 cm³/mol. The maximum absolute atomic E-state index is 6.53. The van der Waals surface area contributed by atoms with Gasteiger partial charge in [-0.25, -0.2) is 4.98 Å². The standard InChI is InChI=1S/C12H18N2S/c1-8-4-3-7-12(8,13)11-14-9-5-2-6-10(9)15-11/h8H,2-7,13H2,1H3. The maximum Gasteiger partial charge on any atom is 0.113 e. The molecule has 2 nitrogen and oxygen atoms in total. The van der Waals surface area contributed by atoms with Gasteiger partial charge in [0.1, 0.15) is 5.01 Å². The van der Waals surface area contributed by atoms with E-state index in [9.17, 15) is 0 Å². The molecule has 2 N–H and O–H groups in total. The second-order valence-electron chi connectivity index (χ2n) is 5.08. The molecular weight excluding hydrogens is 204 g/mol. The van der Waals surface area contributed by atoms with Crippen LogP contribution in [0.4, 0.5) is 0 Å². The SMILES string of the molecule is CC1CCCC1(N)c1nc2c(s1)CCC2. The largest absolute Gasteiger partial charge is 0.319 e. The number of fused-ring (bicyclic) bond motifs is 1. The first-order valence-corrected chi connectivity index (χ1v) is 6.80. The molecule has 2 unspecified atom stereocenters. The molecule has 1 heterocycles. The number of thiazole rings is 1. The maximum atomic E-state index is 6.53. The van der Waals surface area contributed by atoms with Crippen LogP contribution >= 0.6 is 11.3 Å². The van der Waals surface area contributed by atoms with Crippen molar-refractivity contribution in [2.45, 2.75) is 51.0 Å². The normalized spacial score (nSPS) is 34.7. The van der Waals surface area contributed by atoms with Crippen LogP contribution in [0.3, 0.4) is 0 Å². The Morgan fingerprint density at radius 1 is 1.40 bits per heavy atom. The third kappa shape index (κ3) is 1.36. The molecular formula is C12H18N2S. The molecule has 0 bridgehead atoms. The van der Waals surface area contributed by atoms with E-state index in [4.69, 9.17) is 10.7 Å². The summed E-state index contributed by atoms with van der Waals surface area (Å²) in [4.78, 5) is 6.30. The van der Waals surface area contributed by atoms with Gasteiger partial charge in [-0.05, 0) is 38.0 Å². The molecule has 0 radical (unpaired) electrons. The number of rotatable bonds is 1. The average molecular weight is 222 g/mol. The molecule has 2 aliphatic carbocycles. The van der Waals surface area contributed by atoms with Gasteiger partial charge in [-0.1, -0.05) is 13.3 Å². The summed E-state index contributed by atoms with van der Waals surface area (Å²) in [6.45, 7) is 2.28. The Balaban J connectivity index is 1.98. The van der Waals surface area contributed by atoms with Crippen LogP contribution in [0.25, 0.3) is 0 Å². The summed E-state index contributed by atoms with van der Waals surface area (Å²) >= 11 is 1.89. The third-order valence-electron chi connectivity index (χ3n) is 4.10. The van der Waals surface area contributed by atoms with E-state index >= 15 is 0 Å². The van der Waals surface area contributed by atoms with Crippen molar-refractivity contribution in [2.24, 2.45) is 11.7 Å². The first kappa shape index (κ1) is 9.79. The van der Waals surface area contributed by atoms with Gasteiger partial charge in [0.05, 0.1) is 11.2 Å². The molecule has 0 aromatic carbocycles. The molecule has 82 valence electrons. The lowest BCUT2D eigenvalue weighted by molar-refractivity contribution is 0.347. The minimum Gasteiger partial charge on any atom is -0.319 e. The number of nitrogens with zero attached hydrogens (tertiary/aromatic N) is 1. The van der Waals surface area contributed by atoms with Gasteiger partial charge < -0.3 is 5.73 Å². The summed E-state index contributed by atoms with van der Waals surface area (Å²) < 4.78 is 0. The van der Waals surface area contributed by atoms with Crippen molar-refractivity contribution in [3.63, 3.8) is 0 Å². The van der Waals surface area contributed by atoms with Crippen molar-refractivity contribution >= 4 is 11.3 Å². The fourth-order valence-electron chi connectivity index (χ4n) is 2.91. The summed E-state index contributed by atoms with van der Waals surface area (Å²) in [5.41, 5.74) is 7.78. The molecule has 0 amide bonds. The van der Waals surface area contributed by atoms with Gasteiger partial charge in [-0.3, -0.25) is 0 Å². The summed E-state index contributed by atoms with van der Waals surface area (Å²) in [6.07, 6.45) is 7.36. The van der Waals surface area contributed by atoms with Gasteiger partial charge in [0, 0.05) is 4.88 Å². The van der Waals surface area contributed by atoms with Crippen molar-refractivity contribution in [1.82, 2.24) is 4.98 Å². The fraction of sp³-hybridized carbons (Fsp3) is 0.750. The first-order valence-electron chi connectivity index (χ1n) is 5.98. The summed E-state index contributed by atoms with van der Waals surface area (Å²) in [7, 11) is 0. The van der Waals surface area contributed by atoms with E-state index in [1.807, 2.05) is 11.3 Å². The van der Waals surface area contributed by atoms with Crippen molar-refractivity contribution < 1.29 is 0 Å². The fourth-order valence-corrected chi connectivity index (χ4v) is 4.31. The Bertz CT molecular complexity index is 363. The van der Waals surface area contributed by atoms with E-state index in [0.717, 1.165) is 6.42 Å². The minimum atomic E-state index is -0.102. The van der Waals surface area contributed by atoms with Crippen molar-refractivity contribution in [3.05, 3.63) is 15.6 Å². The van der Waals surface area contributed by atoms with Gasteiger partial charge in [0.15, 0.2) is 0 Å². The van der Waals surface area contributed by atoms with Crippen LogP contribution in [0.1, 0.15) is 48.2 Å². The molecule has 0 spiro atoms. The van der Waals surface area contributed by atoms with E-state index in [0.29, 0.717) is 5.92 Å². The molecule has 3 rings (SSSR count). The molecule has 1 saturated carbocycles. The molecule has 0 aliphatic heterocycles. The Labute approximate surface area is 94.9 Å². The van der Waals surface area contributed by atoms with Gasteiger partial charge >= 0.3 is 0 Å². The van der Waals surface area contributed by atoms with Crippen LogP contribution in [0, 0.1) is 5.92 Å². The second-order valence-corrected chi connectivity index (χ2v) is 6.16. The molecule has 1 aromatic heterocycles. The van der Waals surface area contributed by atoms with E-state index in [1.165, 1.54) is 47.7 Å². The first-order chi connectivity index (χ1) is 7.20. The monoisotopic (exact) mass is 222 g/mol. The van der Waals surface area contributed by atoms with Gasteiger partial charge in [-0.15, -0.1) is 11.3 Å². The molecule has 15 heavy (non-hydrogen) atoms. The smallest absolute Gasteiger partial charge is 0.113 e. The van der Waals surface area contributed by atoms with Crippen LogP contribution in [0.5, 0.6) is 0 Å². The zero-order valence-corrected chi connectivity index (χ0v) is 10.1. The zero-order valence-electron chi connectivity index (χ0n) is 9.25. The van der Waals surface area contributed by atoms with E-state index < -0.39 is 0 Å². The number of nitrogens with two attached hydrogens (primary N) is 1. The van der Waals surface area contributed by atoms with E-state index in [2.05, 4.69) is 6.92 Å². The zero-order chi connectivity index (χ0) is 10.5. The number of aromatic nitrogens is 1. The highest BCUT2D eigenvalue weighted by Crippen LogP contribution is 2.44. The molecule has 1 fully saturated rings. The molecule has 0 saturated heterocycles. The molecule has 1 aromatic rings. The van der Waals surface area contributed by atoms with Gasteiger partial charge in [0.25, 0.3) is 0 Å². The Morgan fingerprint density at radius 2 is 2.27 bits per heavy atom. The van der Waals surface area contributed by atoms with Gasteiger partial charge in [0.2, 0.25) is 0 Å². The lowest BCUT2D eigenvalue weighted by Crippen LogP contribution is -2.39. The van der Waals surface area contributed by atoms with Crippen LogP contribution in [0.15, 0.2) is 0 Å². The Hall–Kier alpha value is -0.410. The Morgan fingerprint density at radius 3 is 2.93 bits per heavy atom. The van der Waals surface area contributed by atoms with Crippen molar-refractivity contribution in [1.29, 1.82) is 0 Å². The second kappa shape index (κ2) is 3.29. The number of hydrogen-bond donors (Lipinski definition) is 1. The number of hydrogen-bond acceptors (Lipinski definition) is 3. The minimum absolute atomic E-state index is 0.102.